The van der Waals surface area contributed by atoms with Gasteiger partial charge >= 0.3 is 0 Å². The standard InChI is InChI=1S/C14H22N2O/c1-11(16-8-4-2-3-5-9-16)12-6-7-14(17)13(15)10-12/h6-7,10-11,17H,2-5,8-9,15H2,1H3. The molecule has 1 aromatic carbocycles. The summed E-state index contributed by atoms with van der Waals surface area (Å²) in [6.07, 6.45) is 5.28. The first-order chi connectivity index (χ1) is 8.18. The average molecular weight is 234 g/mol. The van der Waals surface area contributed by atoms with Gasteiger partial charge in [-0.05, 0) is 50.6 Å². The van der Waals surface area contributed by atoms with Crippen molar-refractivity contribution in [3.63, 3.8) is 0 Å². The number of nitrogen functional groups attached to an aromatic ring is 1. The van der Waals surface area contributed by atoms with Crippen LogP contribution >= 0.6 is 0 Å². The van der Waals surface area contributed by atoms with E-state index in [9.17, 15) is 5.11 Å². The average Bonchev–Trinajstić information content (AvgIpc) is 2.60. The lowest BCUT2D eigenvalue weighted by Gasteiger charge is -2.28. The van der Waals surface area contributed by atoms with Gasteiger partial charge in [-0.2, -0.15) is 0 Å². The van der Waals surface area contributed by atoms with E-state index >= 15 is 0 Å². The van der Waals surface area contributed by atoms with Crippen molar-refractivity contribution < 1.29 is 5.11 Å². The largest absolute Gasteiger partial charge is 0.506 e. The van der Waals surface area contributed by atoms with Gasteiger partial charge in [-0.3, -0.25) is 4.90 Å². The molecule has 17 heavy (non-hydrogen) atoms. The highest BCUT2D eigenvalue weighted by Gasteiger charge is 2.17. The maximum Gasteiger partial charge on any atom is 0.138 e. The van der Waals surface area contributed by atoms with E-state index in [4.69, 9.17) is 5.73 Å². The van der Waals surface area contributed by atoms with Crippen LogP contribution in [-0.4, -0.2) is 23.1 Å². The topological polar surface area (TPSA) is 49.5 Å². The Morgan fingerprint density at radius 3 is 2.41 bits per heavy atom. The molecule has 1 aromatic rings. The van der Waals surface area contributed by atoms with Gasteiger partial charge in [0.2, 0.25) is 0 Å². The summed E-state index contributed by atoms with van der Waals surface area (Å²) in [4.78, 5) is 2.51. The number of phenols is 1. The van der Waals surface area contributed by atoms with E-state index in [1.807, 2.05) is 12.1 Å². The number of likely N-dealkylation sites (tertiary alicyclic amines) is 1. The zero-order chi connectivity index (χ0) is 12.3. The third kappa shape index (κ3) is 2.91. The van der Waals surface area contributed by atoms with Crippen molar-refractivity contribution in [3.8, 4) is 5.75 Å². The molecular weight excluding hydrogens is 212 g/mol. The zero-order valence-corrected chi connectivity index (χ0v) is 10.5. The Morgan fingerprint density at radius 2 is 1.82 bits per heavy atom. The number of nitrogens with zero attached hydrogens (tertiary/aromatic N) is 1. The highest BCUT2D eigenvalue weighted by Crippen LogP contribution is 2.28. The second kappa shape index (κ2) is 5.41. The molecule has 94 valence electrons. The quantitative estimate of drug-likeness (QED) is 0.611. The molecule has 2 rings (SSSR count). The summed E-state index contributed by atoms with van der Waals surface area (Å²) in [6, 6.07) is 5.95. The van der Waals surface area contributed by atoms with Crippen molar-refractivity contribution >= 4 is 5.69 Å². The van der Waals surface area contributed by atoms with Gasteiger partial charge in [0.05, 0.1) is 5.69 Å². The molecule has 0 bridgehead atoms. The van der Waals surface area contributed by atoms with E-state index in [1.165, 1.54) is 44.3 Å². The number of anilines is 1. The molecule has 1 atom stereocenters. The minimum Gasteiger partial charge on any atom is -0.506 e. The van der Waals surface area contributed by atoms with Crippen LogP contribution in [0.4, 0.5) is 5.69 Å². The maximum atomic E-state index is 9.44. The van der Waals surface area contributed by atoms with Gasteiger partial charge < -0.3 is 10.8 Å². The summed E-state index contributed by atoms with van der Waals surface area (Å²) < 4.78 is 0. The second-order valence-electron chi connectivity index (χ2n) is 4.94. The van der Waals surface area contributed by atoms with Crippen LogP contribution in [-0.2, 0) is 0 Å². The Labute approximate surface area is 103 Å². The molecule has 0 radical (unpaired) electrons. The summed E-state index contributed by atoms with van der Waals surface area (Å²) >= 11 is 0. The lowest BCUT2D eigenvalue weighted by Crippen LogP contribution is -2.27. The van der Waals surface area contributed by atoms with Gasteiger partial charge in [0.1, 0.15) is 5.75 Å². The van der Waals surface area contributed by atoms with Crippen LogP contribution in [0.3, 0.4) is 0 Å². The number of hydrogen-bond acceptors (Lipinski definition) is 3. The molecule has 1 heterocycles. The van der Waals surface area contributed by atoms with E-state index in [0.29, 0.717) is 11.7 Å². The monoisotopic (exact) mass is 234 g/mol. The first-order valence-corrected chi connectivity index (χ1v) is 6.51. The van der Waals surface area contributed by atoms with E-state index < -0.39 is 0 Å². The van der Waals surface area contributed by atoms with Crippen molar-refractivity contribution in [2.75, 3.05) is 18.8 Å². The van der Waals surface area contributed by atoms with Gasteiger partial charge in [0.25, 0.3) is 0 Å². The van der Waals surface area contributed by atoms with Crippen LogP contribution in [0, 0.1) is 0 Å². The molecule has 3 N–H and O–H groups in total. The molecule has 0 spiro atoms. The van der Waals surface area contributed by atoms with E-state index in [2.05, 4.69) is 11.8 Å². The maximum absolute atomic E-state index is 9.44. The van der Waals surface area contributed by atoms with Crippen molar-refractivity contribution in [1.82, 2.24) is 4.90 Å². The van der Waals surface area contributed by atoms with Crippen molar-refractivity contribution in [1.29, 1.82) is 0 Å². The molecule has 1 saturated heterocycles. The molecule has 0 aromatic heterocycles. The van der Waals surface area contributed by atoms with Crippen LogP contribution in [0.15, 0.2) is 18.2 Å². The van der Waals surface area contributed by atoms with Crippen LogP contribution in [0.2, 0.25) is 0 Å². The summed E-state index contributed by atoms with van der Waals surface area (Å²) in [6.45, 7) is 4.56. The van der Waals surface area contributed by atoms with Crippen molar-refractivity contribution in [2.45, 2.75) is 38.6 Å². The number of hydrogen-bond donors (Lipinski definition) is 2. The van der Waals surface area contributed by atoms with Crippen LogP contribution in [0.5, 0.6) is 5.75 Å². The third-order valence-electron chi connectivity index (χ3n) is 3.72. The number of rotatable bonds is 2. The molecule has 0 saturated carbocycles. The fourth-order valence-electron chi connectivity index (χ4n) is 2.53. The fraction of sp³-hybridized carbons (Fsp3) is 0.571. The van der Waals surface area contributed by atoms with Gasteiger partial charge in [0.15, 0.2) is 0 Å². The van der Waals surface area contributed by atoms with E-state index in [-0.39, 0.29) is 5.75 Å². The highest BCUT2D eigenvalue weighted by atomic mass is 16.3. The Kier molecular flexibility index (Phi) is 3.89. The third-order valence-corrected chi connectivity index (χ3v) is 3.72. The molecule has 0 amide bonds. The summed E-state index contributed by atoms with van der Waals surface area (Å²) in [7, 11) is 0. The molecular formula is C14H22N2O. The first-order valence-electron chi connectivity index (χ1n) is 6.51. The number of aromatic hydroxyl groups is 1. The Hall–Kier alpha value is -1.22. The minimum atomic E-state index is 0.178. The Balaban J connectivity index is 2.11. The number of nitrogens with two attached hydrogens (primary N) is 1. The summed E-state index contributed by atoms with van der Waals surface area (Å²) in [5.74, 6) is 0.178. The van der Waals surface area contributed by atoms with Gasteiger partial charge in [-0.15, -0.1) is 0 Å². The Morgan fingerprint density at radius 1 is 1.18 bits per heavy atom. The fourth-order valence-corrected chi connectivity index (χ4v) is 2.53. The van der Waals surface area contributed by atoms with Gasteiger partial charge in [-0.25, -0.2) is 0 Å². The SMILES string of the molecule is CC(c1ccc(O)c(N)c1)N1CCCCCC1. The zero-order valence-electron chi connectivity index (χ0n) is 10.5. The van der Waals surface area contributed by atoms with Crippen LogP contribution < -0.4 is 5.73 Å². The molecule has 1 fully saturated rings. The molecule has 1 aliphatic rings. The smallest absolute Gasteiger partial charge is 0.138 e. The number of benzene rings is 1. The molecule has 1 unspecified atom stereocenters. The predicted molar refractivity (Wildman–Crippen MR) is 71.0 cm³/mol. The van der Waals surface area contributed by atoms with Crippen LogP contribution in [0.1, 0.15) is 44.2 Å². The van der Waals surface area contributed by atoms with Gasteiger partial charge in [-0.1, -0.05) is 18.9 Å². The summed E-state index contributed by atoms with van der Waals surface area (Å²) in [5.41, 5.74) is 7.42. The van der Waals surface area contributed by atoms with Crippen molar-refractivity contribution in [3.05, 3.63) is 23.8 Å². The van der Waals surface area contributed by atoms with Crippen LogP contribution in [0.25, 0.3) is 0 Å². The normalized spacial score (nSPS) is 19.8. The summed E-state index contributed by atoms with van der Waals surface area (Å²) in [5, 5.41) is 9.44. The first kappa shape index (κ1) is 12.2. The minimum absolute atomic E-state index is 0.178. The lowest BCUT2D eigenvalue weighted by molar-refractivity contribution is 0.219. The lowest BCUT2D eigenvalue weighted by atomic mass is 10.1. The molecule has 0 aliphatic carbocycles. The highest BCUT2D eigenvalue weighted by molar-refractivity contribution is 5.53. The number of phenolic OH excluding ortho intramolecular Hbond substituents is 1. The Bertz CT molecular complexity index is 370. The second-order valence-corrected chi connectivity index (χ2v) is 4.94. The van der Waals surface area contributed by atoms with Gasteiger partial charge in [0, 0.05) is 6.04 Å². The molecule has 3 heteroatoms. The van der Waals surface area contributed by atoms with E-state index in [0.717, 1.165) is 0 Å². The van der Waals surface area contributed by atoms with Crippen molar-refractivity contribution in [2.24, 2.45) is 0 Å². The molecule has 3 nitrogen and oxygen atoms in total. The molecule has 1 aliphatic heterocycles. The predicted octanol–water partition coefficient (Wildman–Crippen LogP) is 2.91. The van der Waals surface area contributed by atoms with E-state index in [1.54, 1.807) is 6.07 Å².